The van der Waals surface area contributed by atoms with Crippen molar-refractivity contribution in [2.24, 2.45) is 0 Å². The molecule has 1 aromatic rings. The second-order valence-corrected chi connectivity index (χ2v) is 3.68. The monoisotopic (exact) mass is 179 g/mol. The van der Waals surface area contributed by atoms with Crippen LogP contribution in [-0.2, 0) is 6.42 Å². The number of rotatable bonds is 3. The van der Waals surface area contributed by atoms with Crippen molar-refractivity contribution in [3.63, 3.8) is 0 Å². The van der Waals surface area contributed by atoms with Gasteiger partial charge in [-0.05, 0) is 45.1 Å². The van der Waals surface area contributed by atoms with Crippen LogP contribution in [0.4, 0.5) is 0 Å². The molecule has 0 heterocycles. The summed E-state index contributed by atoms with van der Waals surface area (Å²) in [6, 6.07) is 7.93. The molecule has 0 amide bonds. The lowest BCUT2D eigenvalue weighted by Gasteiger charge is -2.19. The molecule has 0 aliphatic rings. The maximum atomic E-state index is 9.09. The third kappa shape index (κ3) is 3.07. The minimum atomic E-state index is 0.334. The molecule has 0 radical (unpaired) electrons. The van der Waals surface area contributed by atoms with Crippen molar-refractivity contribution in [3.8, 4) is 5.75 Å². The fraction of sp³-hybridized carbons (Fsp3) is 0.455. The van der Waals surface area contributed by atoms with Crippen LogP contribution < -0.4 is 0 Å². The van der Waals surface area contributed by atoms with Crippen molar-refractivity contribution in [1.82, 2.24) is 4.90 Å². The van der Waals surface area contributed by atoms with Gasteiger partial charge in [0.25, 0.3) is 0 Å². The zero-order chi connectivity index (χ0) is 9.84. The molecule has 0 saturated carbocycles. The predicted molar refractivity (Wildman–Crippen MR) is 55.0 cm³/mol. The van der Waals surface area contributed by atoms with Gasteiger partial charge in [-0.1, -0.05) is 12.1 Å². The lowest BCUT2D eigenvalue weighted by molar-refractivity contribution is 0.312. The molecule has 1 atom stereocenters. The third-order valence-corrected chi connectivity index (χ3v) is 2.35. The van der Waals surface area contributed by atoms with Gasteiger partial charge in [-0.15, -0.1) is 0 Å². The Kier molecular flexibility index (Phi) is 3.32. The van der Waals surface area contributed by atoms with Crippen LogP contribution in [0.1, 0.15) is 12.5 Å². The molecule has 0 fully saturated rings. The number of benzene rings is 1. The molecule has 72 valence electrons. The fourth-order valence-electron chi connectivity index (χ4n) is 1.16. The van der Waals surface area contributed by atoms with E-state index in [1.807, 2.05) is 12.1 Å². The van der Waals surface area contributed by atoms with E-state index in [2.05, 4.69) is 25.9 Å². The van der Waals surface area contributed by atoms with E-state index in [-0.39, 0.29) is 0 Å². The average molecular weight is 179 g/mol. The summed E-state index contributed by atoms with van der Waals surface area (Å²) in [4.78, 5) is 2.19. The molecule has 1 rings (SSSR count). The Labute approximate surface area is 79.8 Å². The summed E-state index contributed by atoms with van der Waals surface area (Å²) in [6.45, 7) is 2.19. The number of phenols is 1. The summed E-state index contributed by atoms with van der Waals surface area (Å²) >= 11 is 0. The van der Waals surface area contributed by atoms with Crippen molar-refractivity contribution in [3.05, 3.63) is 29.8 Å². The minimum absolute atomic E-state index is 0.334. The topological polar surface area (TPSA) is 23.5 Å². The first-order valence-corrected chi connectivity index (χ1v) is 4.54. The predicted octanol–water partition coefficient (Wildman–Crippen LogP) is 1.88. The summed E-state index contributed by atoms with van der Waals surface area (Å²) in [5.74, 6) is 0.334. The fourth-order valence-corrected chi connectivity index (χ4v) is 1.16. The van der Waals surface area contributed by atoms with Gasteiger partial charge in [0, 0.05) is 6.04 Å². The van der Waals surface area contributed by atoms with Crippen LogP contribution in [0, 0.1) is 0 Å². The van der Waals surface area contributed by atoms with Gasteiger partial charge in [0.05, 0.1) is 0 Å². The summed E-state index contributed by atoms with van der Waals surface area (Å²) in [7, 11) is 4.15. The first-order valence-electron chi connectivity index (χ1n) is 4.54. The van der Waals surface area contributed by atoms with Gasteiger partial charge in [0.1, 0.15) is 5.75 Å². The molecular weight excluding hydrogens is 162 g/mol. The van der Waals surface area contributed by atoms with Crippen LogP contribution >= 0.6 is 0 Å². The first kappa shape index (κ1) is 10.1. The molecule has 0 bridgehead atoms. The Hall–Kier alpha value is -1.02. The van der Waals surface area contributed by atoms with Crippen molar-refractivity contribution >= 4 is 0 Å². The van der Waals surface area contributed by atoms with E-state index in [1.54, 1.807) is 12.1 Å². The first-order chi connectivity index (χ1) is 6.09. The third-order valence-electron chi connectivity index (χ3n) is 2.35. The van der Waals surface area contributed by atoms with E-state index >= 15 is 0 Å². The van der Waals surface area contributed by atoms with Crippen LogP contribution in [0.15, 0.2) is 24.3 Å². The molecule has 0 spiro atoms. The second-order valence-electron chi connectivity index (χ2n) is 3.68. The van der Waals surface area contributed by atoms with E-state index in [9.17, 15) is 0 Å². The quantitative estimate of drug-likeness (QED) is 0.766. The van der Waals surface area contributed by atoms with Crippen molar-refractivity contribution < 1.29 is 5.11 Å². The summed E-state index contributed by atoms with van der Waals surface area (Å²) < 4.78 is 0. The molecule has 0 aromatic heterocycles. The lowest BCUT2D eigenvalue weighted by Crippen LogP contribution is -2.26. The normalized spacial score (nSPS) is 13.2. The zero-order valence-electron chi connectivity index (χ0n) is 8.49. The number of nitrogens with zero attached hydrogens (tertiary/aromatic N) is 1. The second kappa shape index (κ2) is 4.28. The Morgan fingerprint density at radius 3 is 2.23 bits per heavy atom. The van der Waals surface area contributed by atoms with E-state index in [0.29, 0.717) is 11.8 Å². The Bertz CT molecular complexity index is 253. The van der Waals surface area contributed by atoms with Gasteiger partial charge in [-0.3, -0.25) is 0 Å². The summed E-state index contributed by atoms with van der Waals surface area (Å²) in [5.41, 5.74) is 1.26. The molecule has 0 aliphatic heterocycles. The van der Waals surface area contributed by atoms with Crippen molar-refractivity contribution in [2.75, 3.05) is 14.1 Å². The Morgan fingerprint density at radius 1 is 1.23 bits per heavy atom. The molecule has 2 heteroatoms. The molecule has 0 unspecified atom stereocenters. The Balaban J connectivity index is 2.59. The average Bonchev–Trinajstić information content (AvgIpc) is 2.08. The smallest absolute Gasteiger partial charge is 0.115 e. The molecule has 0 aliphatic carbocycles. The van der Waals surface area contributed by atoms with E-state index in [4.69, 9.17) is 5.11 Å². The number of hydrogen-bond acceptors (Lipinski definition) is 2. The van der Waals surface area contributed by atoms with Gasteiger partial charge < -0.3 is 10.0 Å². The molecule has 0 saturated heterocycles. The highest BCUT2D eigenvalue weighted by molar-refractivity contribution is 5.26. The molecular formula is C11H17NO. The number of aromatic hydroxyl groups is 1. The summed E-state index contributed by atoms with van der Waals surface area (Å²) in [5, 5.41) is 9.09. The van der Waals surface area contributed by atoms with Crippen molar-refractivity contribution in [2.45, 2.75) is 19.4 Å². The molecule has 2 nitrogen and oxygen atoms in total. The largest absolute Gasteiger partial charge is 0.508 e. The van der Waals surface area contributed by atoms with Gasteiger partial charge in [0.2, 0.25) is 0 Å². The van der Waals surface area contributed by atoms with Crippen LogP contribution in [0.5, 0.6) is 5.75 Å². The number of likely N-dealkylation sites (N-methyl/N-ethyl adjacent to an activating group) is 1. The Morgan fingerprint density at radius 2 is 1.77 bits per heavy atom. The van der Waals surface area contributed by atoms with Crippen LogP contribution in [0.3, 0.4) is 0 Å². The van der Waals surface area contributed by atoms with Crippen LogP contribution in [0.25, 0.3) is 0 Å². The standard InChI is InChI=1S/C11H17NO/c1-9(12(2)3)8-10-4-6-11(13)7-5-10/h4-7,9,13H,8H2,1-3H3/t9-/m1/s1. The zero-order valence-corrected chi connectivity index (χ0v) is 8.49. The molecule has 1 aromatic carbocycles. The lowest BCUT2D eigenvalue weighted by atomic mass is 10.1. The number of hydrogen-bond donors (Lipinski definition) is 1. The van der Waals surface area contributed by atoms with Gasteiger partial charge in [-0.2, -0.15) is 0 Å². The maximum absolute atomic E-state index is 9.09. The highest BCUT2D eigenvalue weighted by Crippen LogP contribution is 2.12. The summed E-state index contributed by atoms with van der Waals surface area (Å²) in [6.07, 6.45) is 1.02. The SMILES string of the molecule is C[C@H](Cc1ccc(O)cc1)N(C)C. The van der Waals surface area contributed by atoms with E-state index < -0.39 is 0 Å². The molecule has 13 heavy (non-hydrogen) atoms. The van der Waals surface area contributed by atoms with Crippen LogP contribution in [0.2, 0.25) is 0 Å². The molecule has 1 N–H and O–H groups in total. The maximum Gasteiger partial charge on any atom is 0.115 e. The van der Waals surface area contributed by atoms with Gasteiger partial charge >= 0.3 is 0 Å². The van der Waals surface area contributed by atoms with E-state index in [1.165, 1.54) is 5.56 Å². The van der Waals surface area contributed by atoms with Crippen molar-refractivity contribution in [1.29, 1.82) is 0 Å². The van der Waals surface area contributed by atoms with Gasteiger partial charge in [-0.25, -0.2) is 0 Å². The van der Waals surface area contributed by atoms with Gasteiger partial charge in [0.15, 0.2) is 0 Å². The van der Waals surface area contributed by atoms with Crippen LogP contribution in [-0.4, -0.2) is 30.1 Å². The number of phenolic OH excluding ortho intramolecular Hbond substituents is 1. The minimum Gasteiger partial charge on any atom is -0.508 e. The highest BCUT2D eigenvalue weighted by atomic mass is 16.3. The highest BCUT2D eigenvalue weighted by Gasteiger charge is 2.04. The van der Waals surface area contributed by atoms with E-state index in [0.717, 1.165) is 6.42 Å².